The van der Waals surface area contributed by atoms with Crippen molar-refractivity contribution < 1.29 is 163 Å². The Morgan fingerprint density at radius 1 is 0.534 bits per heavy atom. The van der Waals surface area contributed by atoms with Gasteiger partial charge in [-0.2, -0.15) is 0 Å². The van der Waals surface area contributed by atoms with Crippen molar-refractivity contribution in [1.29, 1.82) is 0 Å². The smallest absolute Gasteiger partial charge is 1.00 e. The van der Waals surface area contributed by atoms with Crippen molar-refractivity contribution in [2.24, 2.45) is 0 Å². The van der Waals surface area contributed by atoms with Gasteiger partial charge >= 0.3 is 103 Å². The van der Waals surface area contributed by atoms with Crippen molar-refractivity contribution in [3.8, 4) is 28.7 Å². The summed E-state index contributed by atoms with van der Waals surface area (Å²) in [4.78, 5) is 11.2. The zero-order valence-electron chi connectivity index (χ0n) is 46.7. The van der Waals surface area contributed by atoms with Crippen LogP contribution in [0.2, 0.25) is 0 Å². The number of hydrogen-bond acceptors (Lipinski definition) is 12. The number of aromatic hydroxyl groups is 2. The monoisotopic (exact) mass is 1130 g/mol. The summed E-state index contributed by atoms with van der Waals surface area (Å²) in [5, 5.41) is 27.3. The molecule has 0 saturated carbocycles. The number of halogens is 1. The molecule has 0 saturated heterocycles. The molecule has 0 aromatic heterocycles. The number of carbonyl (C=O) groups excluding carboxylic acids is 1. The number of aryl methyl sites for hydroxylation is 2. The molecule has 0 spiro atoms. The zero-order chi connectivity index (χ0) is 52.3. The van der Waals surface area contributed by atoms with Crippen LogP contribution in [0.4, 0.5) is 0 Å². The molecule has 0 fully saturated rings. The van der Waals surface area contributed by atoms with Gasteiger partial charge in [0.05, 0.1) is 33.0 Å². The van der Waals surface area contributed by atoms with Crippen LogP contribution in [0, 0.1) is 13.8 Å². The number of phenolic OH excluding ortho intramolecular Hbond substituents is 2. The fraction of sp³-hybridized carbons (Fsp3) is 0.466. The maximum Gasteiger partial charge on any atom is 1.00 e. The van der Waals surface area contributed by atoms with E-state index in [0.717, 1.165) is 64.1 Å². The number of carbonyl (C=O) groups is 1. The molecule has 5 aromatic rings. The topological polar surface area (TPSA) is 154 Å². The number of methoxy groups -OCH3 is 4. The van der Waals surface area contributed by atoms with Gasteiger partial charge in [-0.15, -0.1) is 0 Å². The standard InChI is InChI=1S/C23H32O4.C13H19BrO3.2C10H14O.CH2O3.CH4.2K.H/c1-6-18(3)19-7-9-22(10-8-19)26-11-12-27-23-20(15-24-4)13-17(2)14-21(23)16-25-5;1-10-6-11(8-15-2)13(17-5-4-14)12(7-10)9-16-3;2*1-3-8(2)9-4-6-10(11)7-5-9;2-1-4-3;;;;/h7-10,13-14,18H,6,11-12,15-16H2,1-5H3;6-7H,4-5,8-9H2,1-3H3;2*4-8,11H,3H2,1-2H3;1,3H;1H4;;;/q;;;;;;2*+1;-1/p-1. The van der Waals surface area contributed by atoms with Gasteiger partial charge in [0.1, 0.15) is 42.0 Å². The van der Waals surface area contributed by atoms with Crippen molar-refractivity contribution in [3.63, 3.8) is 0 Å². The first-order chi connectivity index (χ1) is 33.7. The maximum absolute atomic E-state index is 9.01. The third-order valence-corrected chi connectivity index (χ3v) is 11.5. The summed E-state index contributed by atoms with van der Waals surface area (Å²) in [6.07, 6.45) is 3.42. The van der Waals surface area contributed by atoms with Gasteiger partial charge in [0.2, 0.25) is 0 Å². The Morgan fingerprint density at radius 2 is 0.808 bits per heavy atom. The Balaban J connectivity index is -0.000000450. The molecular weight excluding hydrogens is 1050 g/mol. The molecule has 12 nitrogen and oxygen atoms in total. The van der Waals surface area contributed by atoms with E-state index in [0.29, 0.717) is 75.5 Å². The fourth-order valence-electron chi connectivity index (χ4n) is 6.93. The van der Waals surface area contributed by atoms with Crippen LogP contribution >= 0.6 is 15.9 Å². The number of ether oxygens (including phenoxy) is 7. The van der Waals surface area contributed by atoms with Crippen LogP contribution in [0.15, 0.2) is 97.1 Å². The second-order valence-electron chi connectivity index (χ2n) is 16.7. The minimum atomic E-state index is -0.181. The van der Waals surface area contributed by atoms with E-state index < -0.39 is 0 Å². The summed E-state index contributed by atoms with van der Waals surface area (Å²) >= 11 is 3.36. The average Bonchev–Trinajstić information content (AvgIpc) is 3.36. The van der Waals surface area contributed by atoms with E-state index in [1.807, 2.05) is 36.4 Å². The second-order valence-corrected chi connectivity index (χ2v) is 17.5. The van der Waals surface area contributed by atoms with Gasteiger partial charge < -0.3 is 54.9 Å². The van der Waals surface area contributed by atoms with E-state index in [4.69, 9.17) is 53.4 Å². The summed E-state index contributed by atoms with van der Waals surface area (Å²) in [6.45, 7) is 20.8. The fourth-order valence-corrected chi connectivity index (χ4v) is 7.09. The molecule has 3 unspecified atom stereocenters. The Labute approximate surface area is 533 Å². The Morgan fingerprint density at radius 3 is 1.07 bits per heavy atom. The summed E-state index contributed by atoms with van der Waals surface area (Å²) in [5.41, 5.74) is 10.5. The van der Waals surface area contributed by atoms with Gasteiger partial charge in [0, 0.05) is 56.0 Å². The minimum Gasteiger partial charge on any atom is -1.00 e. The number of phenols is 2. The van der Waals surface area contributed by atoms with Crippen LogP contribution in [0.3, 0.4) is 0 Å². The summed E-state index contributed by atoms with van der Waals surface area (Å²) < 4.78 is 38.7. The van der Waals surface area contributed by atoms with Crippen LogP contribution in [0.1, 0.15) is 137 Å². The quantitative estimate of drug-likeness (QED) is 0.0168. The zero-order valence-corrected chi connectivity index (χ0v) is 53.5. The van der Waals surface area contributed by atoms with Crippen LogP contribution in [0.25, 0.3) is 0 Å². The molecule has 5 aromatic carbocycles. The number of hydrogen-bond donors (Lipinski definition) is 2. The normalized spacial score (nSPS) is 11.1. The number of alkyl halides is 1. The third-order valence-electron chi connectivity index (χ3n) is 11.1. The molecule has 2 N–H and O–H groups in total. The predicted molar refractivity (Wildman–Crippen MR) is 289 cm³/mol. The summed E-state index contributed by atoms with van der Waals surface area (Å²) in [7, 11) is 6.75. The predicted octanol–water partition coefficient (Wildman–Crippen LogP) is 7.32. The van der Waals surface area contributed by atoms with Gasteiger partial charge in [-0.25, -0.2) is 0 Å². The van der Waals surface area contributed by atoms with Crippen molar-refractivity contribution in [1.82, 2.24) is 0 Å². The van der Waals surface area contributed by atoms with Gasteiger partial charge in [-0.3, -0.25) is 4.79 Å². The van der Waals surface area contributed by atoms with E-state index in [2.05, 4.69) is 113 Å². The van der Waals surface area contributed by atoms with Crippen LogP contribution < -0.4 is 122 Å². The second kappa shape index (κ2) is 46.2. The van der Waals surface area contributed by atoms with E-state index in [1.54, 1.807) is 52.7 Å². The summed E-state index contributed by atoms with van der Waals surface area (Å²) in [5.74, 6) is 5.03. The van der Waals surface area contributed by atoms with Gasteiger partial charge in [-0.1, -0.05) is 137 Å². The Kier molecular flexibility index (Phi) is 47.7. The van der Waals surface area contributed by atoms with Crippen LogP contribution in [0.5, 0.6) is 28.7 Å². The van der Waals surface area contributed by atoms with Gasteiger partial charge in [0.15, 0.2) is 0 Å². The molecule has 15 heteroatoms. The molecule has 73 heavy (non-hydrogen) atoms. The first-order valence-electron chi connectivity index (χ1n) is 23.8. The minimum absolute atomic E-state index is 0. The van der Waals surface area contributed by atoms with E-state index in [9.17, 15) is 0 Å². The molecule has 0 heterocycles. The molecule has 0 amide bonds. The van der Waals surface area contributed by atoms with Crippen molar-refractivity contribution in [2.75, 3.05) is 53.6 Å². The first kappa shape index (κ1) is 75.4. The van der Waals surface area contributed by atoms with E-state index in [-0.39, 0.29) is 118 Å². The molecular formula is C58H85BrK2O12. The SMILES string of the molecule is C.CCC(C)c1ccc(O)cc1.CCC(C)c1ccc(O)cc1.CCC(C)c1ccc(OCCOc2c(COC)cc(C)cc2COC)cc1.COCc1cc(C)cc(COC)c1OCCBr.O=CO[O-].[H-].[K+].[K+]. The molecule has 0 bridgehead atoms. The maximum atomic E-state index is 9.01. The third kappa shape index (κ3) is 31.2. The Bertz CT molecular complexity index is 2030. The van der Waals surface area contributed by atoms with Crippen LogP contribution in [-0.4, -0.2) is 70.3 Å². The van der Waals surface area contributed by atoms with Crippen molar-refractivity contribution in [2.45, 2.75) is 126 Å². The summed E-state index contributed by atoms with van der Waals surface area (Å²) in [6, 6.07) is 31.5. The average molecular weight is 1130 g/mol. The number of benzene rings is 5. The van der Waals surface area contributed by atoms with Crippen molar-refractivity contribution in [3.05, 3.63) is 147 Å². The van der Waals surface area contributed by atoms with Gasteiger partial charge in [-0.05, 0) is 104 Å². The van der Waals surface area contributed by atoms with Crippen LogP contribution in [-0.2, 0) is 55.1 Å². The number of rotatable bonds is 23. The molecule has 0 radical (unpaired) electrons. The first-order valence-corrected chi connectivity index (χ1v) is 24.9. The van der Waals surface area contributed by atoms with E-state index >= 15 is 0 Å². The molecule has 0 aliphatic rings. The largest absolute Gasteiger partial charge is 1.00 e. The molecule has 5 rings (SSSR count). The molecule has 0 aliphatic carbocycles. The Hall–Kier alpha value is -1.88. The molecule has 0 aliphatic heterocycles. The molecule has 3 atom stereocenters. The van der Waals surface area contributed by atoms with Gasteiger partial charge in [0.25, 0.3) is 6.47 Å². The van der Waals surface area contributed by atoms with Crippen molar-refractivity contribution >= 4 is 22.4 Å². The molecule has 398 valence electrons. The van der Waals surface area contributed by atoms with E-state index in [1.165, 1.54) is 27.8 Å².